The number of piperidine rings is 1. The number of nitrogens with one attached hydrogen (secondary N) is 1. The number of aromatic amines is 1. The van der Waals surface area contributed by atoms with Crippen molar-refractivity contribution in [3.8, 4) is 11.1 Å². The van der Waals surface area contributed by atoms with Gasteiger partial charge in [0.25, 0.3) is 5.91 Å². The highest BCUT2D eigenvalue weighted by molar-refractivity contribution is 5.91. The predicted octanol–water partition coefficient (Wildman–Crippen LogP) is 1.20. The Morgan fingerprint density at radius 3 is 2.56 bits per heavy atom. The van der Waals surface area contributed by atoms with E-state index in [0.29, 0.717) is 23.1 Å². The zero-order chi connectivity index (χ0) is 23.4. The molecular formula is C22H25N11O. The third-order valence-corrected chi connectivity index (χ3v) is 7.14. The summed E-state index contributed by atoms with van der Waals surface area (Å²) in [7, 11) is 0. The van der Waals surface area contributed by atoms with Crippen LogP contribution in [0.25, 0.3) is 16.8 Å². The lowest BCUT2D eigenvalue weighted by molar-refractivity contribution is 0.0557. The van der Waals surface area contributed by atoms with Crippen molar-refractivity contribution >= 4 is 17.4 Å². The molecule has 12 heteroatoms. The molecule has 1 unspecified atom stereocenters. The maximum absolute atomic E-state index is 13.0. The number of nitrogens with two attached hydrogens (primary N) is 2. The highest BCUT2D eigenvalue weighted by Gasteiger charge is 2.45. The minimum atomic E-state index is -0.0814. The molecule has 2 saturated heterocycles. The third kappa shape index (κ3) is 3.13. The molecule has 0 aliphatic carbocycles. The molecule has 6 heterocycles. The van der Waals surface area contributed by atoms with Crippen LogP contribution in [-0.4, -0.2) is 62.6 Å². The van der Waals surface area contributed by atoms with E-state index in [1.54, 1.807) is 23.1 Å². The molecule has 5 N–H and O–H groups in total. The van der Waals surface area contributed by atoms with Crippen molar-refractivity contribution < 1.29 is 4.79 Å². The lowest BCUT2D eigenvalue weighted by atomic mass is 9.86. The summed E-state index contributed by atoms with van der Waals surface area (Å²) < 4.78 is 1.67. The number of nitrogen functional groups attached to an aromatic ring is 1. The van der Waals surface area contributed by atoms with E-state index in [-0.39, 0.29) is 30.5 Å². The van der Waals surface area contributed by atoms with Gasteiger partial charge >= 0.3 is 0 Å². The monoisotopic (exact) mass is 459 g/mol. The van der Waals surface area contributed by atoms with E-state index in [1.165, 1.54) is 6.33 Å². The number of hydrogen-bond acceptors (Lipinski definition) is 9. The summed E-state index contributed by atoms with van der Waals surface area (Å²) in [4.78, 5) is 31.5. The summed E-state index contributed by atoms with van der Waals surface area (Å²) in [6, 6.07) is 0.281. The maximum atomic E-state index is 13.0. The Kier molecular flexibility index (Phi) is 4.76. The molecule has 4 aromatic rings. The third-order valence-electron chi connectivity index (χ3n) is 7.14. The van der Waals surface area contributed by atoms with E-state index in [0.717, 1.165) is 48.1 Å². The molecule has 2 fully saturated rings. The summed E-state index contributed by atoms with van der Waals surface area (Å²) in [6.45, 7) is 2.27. The van der Waals surface area contributed by atoms with E-state index in [2.05, 4.69) is 30.2 Å². The number of fused-ring (bicyclic) bond motifs is 3. The van der Waals surface area contributed by atoms with Crippen LogP contribution in [0.1, 0.15) is 59.3 Å². The van der Waals surface area contributed by atoms with Gasteiger partial charge < -0.3 is 21.4 Å². The van der Waals surface area contributed by atoms with E-state index in [9.17, 15) is 4.79 Å². The molecule has 2 aliphatic rings. The first kappa shape index (κ1) is 20.7. The van der Waals surface area contributed by atoms with Gasteiger partial charge in [0.1, 0.15) is 18.0 Å². The number of hydrogen-bond donors (Lipinski definition) is 3. The molecule has 6 rings (SSSR count). The van der Waals surface area contributed by atoms with Gasteiger partial charge in [-0.3, -0.25) is 4.79 Å². The van der Waals surface area contributed by atoms with Gasteiger partial charge in [-0.05, 0) is 32.6 Å². The summed E-state index contributed by atoms with van der Waals surface area (Å²) in [5.41, 5.74) is 16.3. The van der Waals surface area contributed by atoms with Gasteiger partial charge in [-0.25, -0.2) is 15.0 Å². The van der Waals surface area contributed by atoms with Crippen LogP contribution in [0.4, 0.5) is 5.82 Å². The van der Waals surface area contributed by atoms with Crippen molar-refractivity contribution in [2.75, 3.05) is 5.73 Å². The highest BCUT2D eigenvalue weighted by atomic mass is 16.2. The lowest BCUT2D eigenvalue weighted by Crippen LogP contribution is -2.46. The predicted molar refractivity (Wildman–Crippen MR) is 122 cm³/mol. The van der Waals surface area contributed by atoms with Crippen LogP contribution in [0.2, 0.25) is 0 Å². The van der Waals surface area contributed by atoms with Crippen LogP contribution in [0.5, 0.6) is 0 Å². The largest absolute Gasteiger partial charge is 0.383 e. The molecular weight excluding hydrogens is 434 g/mol. The number of carbonyl (C=O) groups is 1. The van der Waals surface area contributed by atoms with Crippen LogP contribution in [0.3, 0.4) is 0 Å². The molecule has 12 nitrogen and oxygen atoms in total. The Labute approximate surface area is 194 Å². The molecule has 0 saturated carbocycles. The normalized spacial score (nSPS) is 21.9. The summed E-state index contributed by atoms with van der Waals surface area (Å²) in [6.07, 6.45) is 10.3. The number of anilines is 1. The number of carbonyl (C=O) groups excluding carboxylic acids is 1. The summed E-state index contributed by atoms with van der Waals surface area (Å²) in [5, 5.41) is 12.1. The first-order valence-electron chi connectivity index (χ1n) is 11.4. The number of amides is 1. The number of nitrogens with zero attached hydrogens (tertiary/aromatic N) is 8. The van der Waals surface area contributed by atoms with Gasteiger partial charge in [-0.15, -0.1) is 10.2 Å². The molecule has 0 aromatic carbocycles. The van der Waals surface area contributed by atoms with Crippen LogP contribution < -0.4 is 11.5 Å². The fourth-order valence-corrected chi connectivity index (χ4v) is 5.48. The van der Waals surface area contributed by atoms with Gasteiger partial charge in [0.2, 0.25) is 5.82 Å². The van der Waals surface area contributed by atoms with Gasteiger partial charge in [0.15, 0.2) is 5.65 Å². The SMILES string of the molecule is Cc1c(C2C[C@H]3CC[C@@H](C2)N3C(=O)c2nnc[nH]2)nc2c(-c3cnc(CN)nc3)cnn2c1N. The quantitative estimate of drug-likeness (QED) is 0.406. The zero-order valence-corrected chi connectivity index (χ0v) is 18.7. The molecule has 2 aliphatic heterocycles. The lowest BCUT2D eigenvalue weighted by Gasteiger charge is -2.38. The number of rotatable bonds is 4. The van der Waals surface area contributed by atoms with Crippen LogP contribution in [0, 0.1) is 6.92 Å². The van der Waals surface area contributed by atoms with Gasteiger partial charge in [0, 0.05) is 47.1 Å². The molecule has 0 spiro atoms. The fourth-order valence-electron chi connectivity index (χ4n) is 5.48. The second-order valence-corrected chi connectivity index (χ2v) is 9.00. The van der Waals surface area contributed by atoms with Gasteiger partial charge in [-0.2, -0.15) is 9.61 Å². The van der Waals surface area contributed by atoms with Crippen LogP contribution in [-0.2, 0) is 6.54 Å². The Bertz CT molecular complexity index is 1350. The second-order valence-electron chi connectivity index (χ2n) is 9.00. The van der Waals surface area contributed by atoms with Crippen LogP contribution >= 0.6 is 0 Å². The van der Waals surface area contributed by atoms with Crippen molar-refractivity contribution in [2.24, 2.45) is 5.73 Å². The van der Waals surface area contributed by atoms with E-state index < -0.39 is 0 Å². The molecule has 174 valence electrons. The second kappa shape index (κ2) is 7.83. The van der Waals surface area contributed by atoms with Gasteiger partial charge in [0.05, 0.1) is 18.4 Å². The van der Waals surface area contributed by atoms with Crippen molar-refractivity contribution in [2.45, 2.75) is 57.2 Å². The molecule has 34 heavy (non-hydrogen) atoms. The summed E-state index contributed by atoms with van der Waals surface area (Å²) >= 11 is 0. The molecule has 4 aromatic heterocycles. The Balaban J connectivity index is 1.35. The zero-order valence-electron chi connectivity index (χ0n) is 18.7. The van der Waals surface area contributed by atoms with E-state index in [4.69, 9.17) is 16.5 Å². The smallest absolute Gasteiger partial charge is 0.292 e. The first-order chi connectivity index (χ1) is 16.5. The van der Waals surface area contributed by atoms with Crippen molar-refractivity contribution in [1.82, 2.24) is 44.6 Å². The molecule has 1 amide bonds. The van der Waals surface area contributed by atoms with Crippen molar-refractivity contribution in [3.05, 3.63) is 47.8 Å². The molecule has 0 radical (unpaired) electrons. The topological polar surface area (TPSA) is 170 Å². The Hall–Kier alpha value is -3.93. The van der Waals surface area contributed by atoms with Crippen molar-refractivity contribution in [1.29, 1.82) is 0 Å². The minimum Gasteiger partial charge on any atom is -0.383 e. The van der Waals surface area contributed by atoms with Crippen LogP contribution in [0.15, 0.2) is 24.9 Å². The van der Waals surface area contributed by atoms with Crippen molar-refractivity contribution in [3.63, 3.8) is 0 Å². The average molecular weight is 460 g/mol. The molecule has 2 bridgehead atoms. The maximum Gasteiger partial charge on any atom is 0.292 e. The highest BCUT2D eigenvalue weighted by Crippen LogP contribution is 2.44. The van der Waals surface area contributed by atoms with E-state index >= 15 is 0 Å². The first-order valence-corrected chi connectivity index (χ1v) is 11.4. The van der Waals surface area contributed by atoms with E-state index in [1.807, 2.05) is 11.8 Å². The fraction of sp³-hybridized carbons (Fsp3) is 0.409. The number of H-pyrrole nitrogens is 1. The number of aromatic nitrogens is 8. The minimum absolute atomic E-state index is 0.0814. The standard InChI is InChI=1S/C22H25N11O/c1-11-18(12-4-14-2-3-15(5-12)32(14)22(34)20-27-10-28-31-20)30-21-16(9-29-33(21)19(11)24)13-7-25-17(6-23)26-8-13/h7-10,12,14-15H,2-6,23-24H2,1H3,(H,27,28,31)/t12?,14-,15+. The molecule has 3 atom stereocenters. The Morgan fingerprint density at radius 2 is 1.91 bits per heavy atom. The Morgan fingerprint density at radius 1 is 1.18 bits per heavy atom. The summed E-state index contributed by atoms with van der Waals surface area (Å²) in [5.74, 6) is 1.55. The van der Waals surface area contributed by atoms with Gasteiger partial charge in [-0.1, -0.05) is 0 Å². The average Bonchev–Trinajstić information content (AvgIpc) is 3.59.